The van der Waals surface area contributed by atoms with Crippen molar-refractivity contribution in [3.63, 3.8) is 0 Å². The SMILES string of the molecule is CN1CCC(N2CNC(c3ccccc3)C2=O)CC1. The Labute approximate surface area is 114 Å². The summed E-state index contributed by atoms with van der Waals surface area (Å²) in [7, 11) is 2.15. The zero-order valence-electron chi connectivity index (χ0n) is 11.4. The summed E-state index contributed by atoms with van der Waals surface area (Å²) in [5, 5.41) is 3.34. The van der Waals surface area contributed by atoms with E-state index in [0.29, 0.717) is 12.7 Å². The van der Waals surface area contributed by atoms with Crippen LogP contribution in [0.4, 0.5) is 0 Å². The van der Waals surface area contributed by atoms with Gasteiger partial charge >= 0.3 is 0 Å². The lowest BCUT2D eigenvalue weighted by Gasteiger charge is -2.34. The van der Waals surface area contributed by atoms with E-state index in [1.807, 2.05) is 35.2 Å². The van der Waals surface area contributed by atoms with Crippen molar-refractivity contribution < 1.29 is 4.79 Å². The lowest BCUT2D eigenvalue weighted by molar-refractivity contribution is -0.131. The van der Waals surface area contributed by atoms with Crippen molar-refractivity contribution in [2.24, 2.45) is 0 Å². The minimum atomic E-state index is -0.152. The third kappa shape index (κ3) is 2.51. The van der Waals surface area contributed by atoms with Gasteiger partial charge in [0.2, 0.25) is 5.91 Å². The normalized spacial score (nSPS) is 26.1. The highest BCUT2D eigenvalue weighted by atomic mass is 16.2. The molecule has 4 nitrogen and oxygen atoms in total. The molecule has 1 N–H and O–H groups in total. The van der Waals surface area contributed by atoms with E-state index in [-0.39, 0.29) is 11.9 Å². The van der Waals surface area contributed by atoms with Gasteiger partial charge in [0.05, 0.1) is 6.67 Å². The summed E-state index contributed by atoms with van der Waals surface area (Å²) in [6, 6.07) is 10.3. The molecule has 0 aromatic heterocycles. The maximum Gasteiger partial charge on any atom is 0.245 e. The largest absolute Gasteiger partial charge is 0.325 e. The van der Waals surface area contributed by atoms with E-state index in [1.165, 1.54) is 0 Å². The molecule has 1 atom stereocenters. The molecule has 0 radical (unpaired) electrons. The number of amides is 1. The molecule has 3 rings (SSSR count). The van der Waals surface area contributed by atoms with E-state index in [2.05, 4.69) is 17.3 Å². The maximum atomic E-state index is 12.5. The third-order valence-electron chi connectivity index (χ3n) is 4.26. The molecule has 19 heavy (non-hydrogen) atoms. The van der Waals surface area contributed by atoms with Crippen LogP contribution in [0.1, 0.15) is 24.4 Å². The standard InChI is InChI=1S/C15H21N3O/c1-17-9-7-13(8-10-17)18-11-16-14(15(18)19)12-5-3-2-4-6-12/h2-6,13-14,16H,7-11H2,1H3. The molecular weight excluding hydrogens is 238 g/mol. The number of carbonyl (C=O) groups is 1. The van der Waals surface area contributed by atoms with Gasteiger partial charge in [-0.05, 0) is 38.5 Å². The zero-order valence-corrected chi connectivity index (χ0v) is 11.4. The van der Waals surface area contributed by atoms with E-state index in [1.54, 1.807) is 0 Å². The first-order valence-corrected chi connectivity index (χ1v) is 7.03. The summed E-state index contributed by atoms with van der Waals surface area (Å²) in [6.45, 7) is 2.86. The van der Waals surface area contributed by atoms with Crippen LogP contribution in [0.2, 0.25) is 0 Å². The van der Waals surface area contributed by atoms with Crippen molar-refractivity contribution in [1.82, 2.24) is 15.1 Å². The molecule has 0 bridgehead atoms. The van der Waals surface area contributed by atoms with Gasteiger partial charge in [-0.25, -0.2) is 0 Å². The fourth-order valence-corrected chi connectivity index (χ4v) is 3.04. The molecule has 0 spiro atoms. The molecule has 102 valence electrons. The second-order valence-electron chi connectivity index (χ2n) is 5.55. The van der Waals surface area contributed by atoms with Gasteiger partial charge in [-0.3, -0.25) is 10.1 Å². The van der Waals surface area contributed by atoms with Gasteiger partial charge in [-0.2, -0.15) is 0 Å². The maximum absolute atomic E-state index is 12.5. The van der Waals surface area contributed by atoms with E-state index in [0.717, 1.165) is 31.5 Å². The number of nitrogens with one attached hydrogen (secondary N) is 1. The minimum absolute atomic E-state index is 0.152. The first-order valence-electron chi connectivity index (χ1n) is 7.03. The smallest absolute Gasteiger partial charge is 0.245 e. The first-order chi connectivity index (χ1) is 9.25. The summed E-state index contributed by atoms with van der Waals surface area (Å²) in [4.78, 5) is 16.9. The molecule has 4 heteroatoms. The Hall–Kier alpha value is -1.39. The van der Waals surface area contributed by atoms with Crippen molar-refractivity contribution in [3.05, 3.63) is 35.9 Å². The number of nitrogens with zero attached hydrogens (tertiary/aromatic N) is 2. The topological polar surface area (TPSA) is 35.6 Å². The predicted molar refractivity (Wildman–Crippen MR) is 74.6 cm³/mol. The number of hydrogen-bond acceptors (Lipinski definition) is 3. The minimum Gasteiger partial charge on any atom is -0.325 e. The Kier molecular flexibility index (Phi) is 3.53. The molecular formula is C15H21N3O. The average molecular weight is 259 g/mol. The van der Waals surface area contributed by atoms with Gasteiger partial charge < -0.3 is 9.80 Å². The Morgan fingerprint density at radius 3 is 2.53 bits per heavy atom. The average Bonchev–Trinajstić information content (AvgIpc) is 2.83. The lowest BCUT2D eigenvalue weighted by atomic mass is 10.0. The van der Waals surface area contributed by atoms with Gasteiger partial charge in [-0.15, -0.1) is 0 Å². The van der Waals surface area contributed by atoms with Gasteiger partial charge in [-0.1, -0.05) is 30.3 Å². The quantitative estimate of drug-likeness (QED) is 0.867. The van der Waals surface area contributed by atoms with Crippen LogP contribution < -0.4 is 5.32 Å². The second-order valence-corrected chi connectivity index (χ2v) is 5.55. The van der Waals surface area contributed by atoms with E-state index in [4.69, 9.17) is 0 Å². The summed E-state index contributed by atoms with van der Waals surface area (Å²) in [5.74, 6) is 0.237. The van der Waals surface area contributed by atoms with Gasteiger partial charge in [0.25, 0.3) is 0 Å². The molecule has 1 unspecified atom stereocenters. The van der Waals surface area contributed by atoms with Crippen molar-refractivity contribution in [3.8, 4) is 0 Å². The lowest BCUT2D eigenvalue weighted by Crippen LogP contribution is -2.44. The van der Waals surface area contributed by atoms with Crippen molar-refractivity contribution in [2.75, 3.05) is 26.8 Å². The van der Waals surface area contributed by atoms with Crippen molar-refractivity contribution >= 4 is 5.91 Å². The molecule has 2 fully saturated rings. The number of carbonyl (C=O) groups excluding carboxylic acids is 1. The van der Waals surface area contributed by atoms with Crippen LogP contribution in [-0.2, 0) is 4.79 Å². The molecule has 0 aliphatic carbocycles. The molecule has 0 saturated carbocycles. The number of hydrogen-bond donors (Lipinski definition) is 1. The Morgan fingerprint density at radius 2 is 1.84 bits per heavy atom. The van der Waals surface area contributed by atoms with E-state index < -0.39 is 0 Å². The fourth-order valence-electron chi connectivity index (χ4n) is 3.04. The van der Waals surface area contributed by atoms with E-state index in [9.17, 15) is 4.79 Å². The summed E-state index contributed by atoms with van der Waals surface area (Å²) in [6.07, 6.45) is 2.18. The van der Waals surface area contributed by atoms with Crippen LogP contribution in [0.25, 0.3) is 0 Å². The predicted octanol–water partition coefficient (Wildman–Crippen LogP) is 1.21. The number of benzene rings is 1. The summed E-state index contributed by atoms with van der Waals surface area (Å²) >= 11 is 0. The molecule has 2 heterocycles. The fraction of sp³-hybridized carbons (Fsp3) is 0.533. The van der Waals surface area contributed by atoms with Crippen LogP contribution in [0, 0.1) is 0 Å². The van der Waals surface area contributed by atoms with Crippen LogP contribution in [0.15, 0.2) is 30.3 Å². The Morgan fingerprint density at radius 1 is 1.16 bits per heavy atom. The molecule has 2 aliphatic rings. The Bertz CT molecular complexity index is 440. The van der Waals surface area contributed by atoms with Gasteiger partial charge in [0, 0.05) is 6.04 Å². The Balaban J connectivity index is 1.69. The van der Waals surface area contributed by atoms with Gasteiger partial charge in [0.15, 0.2) is 0 Å². The number of piperidine rings is 1. The first kappa shape index (κ1) is 12.6. The molecule has 1 aromatic carbocycles. The number of rotatable bonds is 2. The number of likely N-dealkylation sites (tertiary alicyclic amines) is 1. The van der Waals surface area contributed by atoms with Crippen LogP contribution in [-0.4, -0.2) is 48.6 Å². The van der Waals surface area contributed by atoms with Gasteiger partial charge in [0.1, 0.15) is 6.04 Å². The summed E-state index contributed by atoms with van der Waals surface area (Å²) < 4.78 is 0. The highest BCUT2D eigenvalue weighted by molar-refractivity contribution is 5.85. The monoisotopic (exact) mass is 259 g/mol. The zero-order chi connectivity index (χ0) is 13.2. The molecule has 1 aromatic rings. The van der Waals surface area contributed by atoms with Crippen LogP contribution in [0.3, 0.4) is 0 Å². The van der Waals surface area contributed by atoms with E-state index >= 15 is 0 Å². The highest BCUT2D eigenvalue weighted by Crippen LogP contribution is 2.25. The second kappa shape index (κ2) is 5.31. The molecule has 2 aliphatic heterocycles. The third-order valence-corrected chi connectivity index (χ3v) is 4.26. The molecule has 1 amide bonds. The summed E-state index contributed by atoms with van der Waals surface area (Å²) in [5.41, 5.74) is 1.07. The van der Waals surface area contributed by atoms with Crippen molar-refractivity contribution in [2.45, 2.75) is 24.9 Å². The molecule has 2 saturated heterocycles. The van der Waals surface area contributed by atoms with Crippen molar-refractivity contribution in [1.29, 1.82) is 0 Å². The van der Waals surface area contributed by atoms with Crippen LogP contribution >= 0.6 is 0 Å². The van der Waals surface area contributed by atoms with Crippen LogP contribution in [0.5, 0.6) is 0 Å². The highest BCUT2D eigenvalue weighted by Gasteiger charge is 2.36.